The zero-order chi connectivity index (χ0) is 16.8. The minimum absolute atomic E-state index is 0.326. The van der Waals surface area contributed by atoms with Gasteiger partial charge in [0.05, 0.1) is 25.7 Å². The Hall–Kier alpha value is -0.680. The van der Waals surface area contributed by atoms with E-state index in [2.05, 4.69) is 44.4 Å². The first-order chi connectivity index (χ1) is 10.5. The number of unbranched alkanes of at least 4 members (excludes halogenated alkanes) is 1. The fourth-order valence-corrected chi connectivity index (χ4v) is 3.52. The van der Waals surface area contributed by atoms with Gasteiger partial charge in [-0.1, -0.05) is 5.92 Å². The largest absolute Gasteiger partial charge is 0.369 e. The predicted octanol–water partition coefficient (Wildman–Crippen LogP) is 3.71. The molecular weight excluding hydrogens is 299 g/mol. The molecule has 0 aromatic carbocycles. The molecule has 0 saturated heterocycles. The average molecular weight is 328 g/mol. The van der Waals surface area contributed by atoms with Gasteiger partial charge in [-0.15, -0.1) is 6.42 Å². The van der Waals surface area contributed by atoms with Crippen molar-refractivity contribution in [3.05, 3.63) is 0 Å². The van der Waals surface area contributed by atoms with E-state index in [0.29, 0.717) is 44.9 Å². The van der Waals surface area contributed by atoms with Crippen molar-refractivity contribution in [3.8, 4) is 18.4 Å². The molecule has 1 atom stereocenters. The van der Waals surface area contributed by atoms with Gasteiger partial charge >= 0.3 is 0 Å². The fraction of sp³-hybridized carbons (Fsp3) is 0.812. The first-order valence-electron chi connectivity index (χ1n) is 7.77. The Labute approximate surface area is 136 Å². The molecule has 1 unspecified atom stereocenters. The van der Waals surface area contributed by atoms with Gasteiger partial charge in [-0.3, -0.25) is 0 Å². The standard InChI is InChI=1S/C16H29N2O3P/c1-6-11-19-12-7-8-13-20-22(21-14-9-10-17)18(15(2)3)16(4)5/h1,15-16H,7-9,11-14H2,2-5H3. The Morgan fingerprint density at radius 2 is 1.64 bits per heavy atom. The lowest BCUT2D eigenvalue weighted by molar-refractivity contribution is 0.147. The van der Waals surface area contributed by atoms with Crippen LogP contribution in [0, 0.1) is 23.7 Å². The smallest absolute Gasteiger partial charge is 0.259 e. The fourth-order valence-electron chi connectivity index (χ4n) is 1.89. The maximum absolute atomic E-state index is 8.65. The Morgan fingerprint density at radius 1 is 1.05 bits per heavy atom. The van der Waals surface area contributed by atoms with Crippen molar-refractivity contribution in [3.63, 3.8) is 0 Å². The molecular formula is C16H29N2O3P. The number of hydrogen-bond acceptors (Lipinski definition) is 5. The van der Waals surface area contributed by atoms with Crippen LogP contribution in [-0.2, 0) is 13.8 Å². The SMILES string of the molecule is C#CCOCCCCOP(OCCC#N)N(C(C)C)C(C)C. The lowest BCUT2D eigenvalue weighted by Crippen LogP contribution is -2.33. The second-order valence-corrected chi connectivity index (χ2v) is 6.80. The van der Waals surface area contributed by atoms with E-state index in [0.717, 1.165) is 12.8 Å². The summed E-state index contributed by atoms with van der Waals surface area (Å²) in [6.07, 6.45) is 7.30. The lowest BCUT2D eigenvalue weighted by Gasteiger charge is -2.35. The molecule has 0 aromatic heterocycles. The molecule has 0 aliphatic rings. The van der Waals surface area contributed by atoms with Gasteiger partial charge in [0.15, 0.2) is 0 Å². The Balaban J connectivity index is 4.23. The van der Waals surface area contributed by atoms with Crippen molar-refractivity contribution in [1.82, 2.24) is 4.67 Å². The van der Waals surface area contributed by atoms with Crippen LogP contribution in [0.3, 0.4) is 0 Å². The molecule has 0 amide bonds. The maximum Gasteiger partial charge on any atom is 0.259 e. The maximum atomic E-state index is 8.65. The summed E-state index contributed by atoms with van der Waals surface area (Å²) in [6.45, 7) is 10.5. The number of nitriles is 1. The van der Waals surface area contributed by atoms with Gasteiger partial charge in [0.1, 0.15) is 6.61 Å². The van der Waals surface area contributed by atoms with Crippen molar-refractivity contribution in [1.29, 1.82) is 5.26 Å². The number of terminal acetylenes is 1. The zero-order valence-electron chi connectivity index (χ0n) is 14.2. The molecule has 0 aromatic rings. The first kappa shape index (κ1) is 21.3. The lowest BCUT2D eigenvalue weighted by atomic mass is 10.3. The van der Waals surface area contributed by atoms with Gasteiger partial charge < -0.3 is 13.8 Å². The summed E-state index contributed by atoms with van der Waals surface area (Å²) >= 11 is 0. The van der Waals surface area contributed by atoms with E-state index in [9.17, 15) is 0 Å². The van der Waals surface area contributed by atoms with Crippen LogP contribution in [0.25, 0.3) is 0 Å². The van der Waals surface area contributed by atoms with Gasteiger partial charge in [0, 0.05) is 18.7 Å². The molecule has 0 aliphatic carbocycles. The van der Waals surface area contributed by atoms with E-state index in [1.54, 1.807) is 0 Å². The van der Waals surface area contributed by atoms with Crippen molar-refractivity contribution in [2.24, 2.45) is 0 Å². The van der Waals surface area contributed by atoms with E-state index >= 15 is 0 Å². The second-order valence-electron chi connectivity index (χ2n) is 5.34. The van der Waals surface area contributed by atoms with Crippen LogP contribution in [0.4, 0.5) is 0 Å². The number of hydrogen-bond donors (Lipinski definition) is 0. The van der Waals surface area contributed by atoms with Gasteiger partial charge in [0.25, 0.3) is 8.53 Å². The number of nitrogens with zero attached hydrogens (tertiary/aromatic N) is 2. The van der Waals surface area contributed by atoms with E-state index in [4.69, 9.17) is 25.5 Å². The minimum Gasteiger partial charge on any atom is -0.369 e. The summed E-state index contributed by atoms with van der Waals surface area (Å²) < 4.78 is 19.2. The van der Waals surface area contributed by atoms with Crippen LogP contribution in [0.2, 0.25) is 0 Å². The van der Waals surface area contributed by atoms with E-state index in [-0.39, 0.29) is 0 Å². The van der Waals surface area contributed by atoms with Crippen molar-refractivity contribution in [2.75, 3.05) is 26.4 Å². The van der Waals surface area contributed by atoms with Crippen molar-refractivity contribution in [2.45, 2.75) is 59.0 Å². The van der Waals surface area contributed by atoms with Crippen LogP contribution >= 0.6 is 8.53 Å². The zero-order valence-corrected chi connectivity index (χ0v) is 15.1. The minimum atomic E-state index is -1.13. The third-order valence-corrected chi connectivity index (χ3v) is 4.84. The van der Waals surface area contributed by atoms with Gasteiger partial charge in [-0.25, -0.2) is 4.67 Å². The molecule has 0 N–H and O–H groups in total. The molecule has 0 spiro atoms. The highest BCUT2D eigenvalue weighted by molar-refractivity contribution is 7.44. The molecule has 5 nitrogen and oxygen atoms in total. The molecule has 0 heterocycles. The third kappa shape index (κ3) is 10.1. The molecule has 6 heteroatoms. The van der Waals surface area contributed by atoms with Crippen LogP contribution in [0.15, 0.2) is 0 Å². The van der Waals surface area contributed by atoms with E-state index in [1.165, 1.54) is 0 Å². The Bertz CT molecular complexity index is 342. The first-order valence-corrected chi connectivity index (χ1v) is 8.90. The second kappa shape index (κ2) is 13.9. The van der Waals surface area contributed by atoms with Gasteiger partial charge in [-0.2, -0.15) is 5.26 Å². The summed E-state index contributed by atoms with van der Waals surface area (Å²) in [5.74, 6) is 2.44. The summed E-state index contributed by atoms with van der Waals surface area (Å²) in [7, 11) is -1.13. The molecule has 0 saturated carbocycles. The molecule has 22 heavy (non-hydrogen) atoms. The molecule has 0 fully saturated rings. The normalized spacial score (nSPS) is 12.6. The summed E-state index contributed by atoms with van der Waals surface area (Å²) in [5.41, 5.74) is 0. The topological polar surface area (TPSA) is 54.7 Å². The average Bonchev–Trinajstić information content (AvgIpc) is 2.45. The molecule has 126 valence electrons. The van der Waals surface area contributed by atoms with Crippen LogP contribution in [0.5, 0.6) is 0 Å². The van der Waals surface area contributed by atoms with Crippen LogP contribution in [-0.4, -0.2) is 43.2 Å². The summed E-state index contributed by atoms with van der Waals surface area (Å²) in [6, 6.07) is 2.75. The van der Waals surface area contributed by atoms with Crippen molar-refractivity contribution >= 4 is 8.53 Å². The highest BCUT2D eigenvalue weighted by atomic mass is 31.2. The van der Waals surface area contributed by atoms with Crippen LogP contribution < -0.4 is 0 Å². The Morgan fingerprint density at radius 3 is 2.18 bits per heavy atom. The van der Waals surface area contributed by atoms with Gasteiger partial charge in [-0.05, 0) is 40.5 Å². The van der Waals surface area contributed by atoms with E-state index < -0.39 is 8.53 Å². The Kier molecular flexibility index (Phi) is 13.5. The molecule has 0 bridgehead atoms. The quantitative estimate of drug-likeness (QED) is 0.293. The van der Waals surface area contributed by atoms with E-state index in [1.807, 2.05) is 0 Å². The van der Waals surface area contributed by atoms with Gasteiger partial charge in [0.2, 0.25) is 0 Å². The number of rotatable bonds is 13. The summed E-state index contributed by atoms with van der Waals surface area (Å²) in [5, 5.41) is 8.65. The predicted molar refractivity (Wildman–Crippen MR) is 90.1 cm³/mol. The van der Waals surface area contributed by atoms with Crippen molar-refractivity contribution < 1.29 is 13.8 Å². The molecule has 0 rings (SSSR count). The third-order valence-electron chi connectivity index (χ3n) is 2.73. The molecule has 0 aliphatic heterocycles. The highest BCUT2D eigenvalue weighted by Crippen LogP contribution is 2.46. The molecule has 0 radical (unpaired) electrons. The summed E-state index contributed by atoms with van der Waals surface area (Å²) in [4.78, 5) is 0. The number of ether oxygens (including phenoxy) is 1. The monoisotopic (exact) mass is 328 g/mol. The van der Waals surface area contributed by atoms with Crippen LogP contribution in [0.1, 0.15) is 47.0 Å². The highest BCUT2D eigenvalue weighted by Gasteiger charge is 2.26.